The summed E-state index contributed by atoms with van der Waals surface area (Å²) < 4.78 is 10.6. The van der Waals surface area contributed by atoms with Crippen molar-refractivity contribution in [3.8, 4) is 0 Å². The Morgan fingerprint density at radius 2 is 2.12 bits per heavy atom. The molecule has 1 atom stereocenters. The van der Waals surface area contributed by atoms with Crippen molar-refractivity contribution in [1.82, 2.24) is 5.32 Å². The lowest BCUT2D eigenvalue weighted by Crippen LogP contribution is -2.43. The number of hydrogen-bond donors (Lipinski definition) is 1. The van der Waals surface area contributed by atoms with Gasteiger partial charge in [0.05, 0.1) is 13.2 Å². The molecule has 2 aliphatic rings. The molecule has 0 aromatic heterocycles. The maximum atomic E-state index is 11.6. The Bertz CT molecular complexity index is 236. The van der Waals surface area contributed by atoms with Crippen LogP contribution in [0.2, 0.25) is 0 Å². The summed E-state index contributed by atoms with van der Waals surface area (Å²) in [4.78, 5) is 11.6. The minimum atomic E-state index is -0.272. The molecule has 0 heterocycles. The average molecular weight is 227 g/mol. The molecule has 2 aliphatic carbocycles. The normalized spacial score (nSPS) is 21.8. The number of rotatable bonds is 8. The first-order valence-electron chi connectivity index (χ1n) is 6.30. The minimum absolute atomic E-state index is 0.176. The van der Waals surface area contributed by atoms with Crippen molar-refractivity contribution in [2.24, 2.45) is 5.92 Å². The van der Waals surface area contributed by atoms with Crippen molar-refractivity contribution in [3.05, 3.63) is 0 Å². The molecular formula is C12H21NO3. The molecule has 0 spiro atoms. The maximum absolute atomic E-state index is 11.6. The standard InChI is InChI=1S/C12H21NO3/c1-2-16-12(14)11(13-10-5-6-10)8-15-7-9-3-4-9/h9-11,13H,2-8H2,1H3. The number of ether oxygens (including phenoxy) is 2. The first kappa shape index (κ1) is 11.9. The van der Waals surface area contributed by atoms with Gasteiger partial charge in [-0.2, -0.15) is 0 Å². The molecule has 0 aliphatic heterocycles. The number of carbonyl (C=O) groups is 1. The lowest BCUT2D eigenvalue weighted by Gasteiger charge is -2.16. The van der Waals surface area contributed by atoms with Crippen LogP contribution in [-0.4, -0.2) is 37.9 Å². The summed E-state index contributed by atoms with van der Waals surface area (Å²) >= 11 is 0. The SMILES string of the molecule is CCOC(=O)C(COCC1CC1)NC1CC1. The second-order valence-electron chi connectivity index (χ2n) is 4.73. The van der Waals surface area contributed by atoms with E-state index in [1.54, 1.807) is 0 Å². The molecule has 0 amide bonds. The molecule has 4 nitrogen and oxygen atoms in total. The zero-order valence-electron chi connectivity index (χ0n) is 9.91. The molecular weight excluding hydrogens is 206 g/mol. The molecule has 92 valence electrons. The van der Waals surface area contributed by atoms with Gasteiger partial charge in [-0.1, -0.05) is 0 Å². The van der Waals surface area contributed by atoms with E-state index in [9.17, 15) is 4.79 Å². The summed E-state index contributed by atoms with van der Waals surface area (Å²) in [6.45, 7) is 3.51. The van der Waals surface area contributed by atoms with E-state index in [0.717, 1.165) is 12.5 Å². The van der Waals surface area contributed by atoms with Crippen LogP contribution in [0.25, 0.3) is 0 Å². The van der Waals surface area contributed by atoms with Gasteiger partial charge in [0.2, 0.25) is 0 Å². The molecule has 0 aromatic rings. The monoisotopic (exact) mass is 227 g/mol. The lowest BCUT2D eigenvalue weighted by atomic mass is 10.3. The smallest absolute Gasteiger partial charge is 0.325 e. The first-order valence-corrected chi connectivity index (χ1v) is 6.30. The zero-order valence-corrected chi connectivity index (χ0v) is 9.91. The van der Waals surface area contributed by atoms with Gasteiger partial charge in [-0.25, -0.2) is 0 Å². The summed E-state index contributed by atoms with van der Waals surface area (Å²) in [6, 6.07) is 0.227. The van der Waals surface area contributed by atoms with Gasteiger partial charge in [0.15, 0.2) is 0 Å². The third kappa shape index (κ3) is 4.10. The van der Waals surface area contributed by atoms with E-state index in [-0.39, 0.29) is 12.0 Å². The summed E-state index contributed by atoms with van der Waals surface area (Å²) in [5.41, 5.74) is 0. The Morgan fingerprint density at radius 1 is 1.38 bits per heavy atom. The van der Waals surface area contributed by atoms with Crippen LogP contribution in [0.4, 0.5) is 0 Å². The van der Waals surface area contributed by atoms with Crippen LogP contribution >= 0.6 is 0 Å². The third-order valence-electron chi connectivity index (χ3n) is 2.92. The van der Waals surface area contributed by atoms with Crippen LogP contribution in [-0.2, 0) is 14.3 Å². The van der Waals surface area contributed by atoms with Crippen molar-refractivity contribution >= 4 is 5.97 Å². The average Bonchev–Trinajstić information content (AvgIpc) is 3.12. The largest absolute Gasteiger partial charge is 0.465 e. The fourth-order valence-corrected chi connectivity index (χ4v) is 1.60. The van der Waals surface area contributed by atoms with Gasteiger partial charge >= 0.3 is 5.97 Å². The van der Waals surface area contributed by atoms with Crippen LogP contribution in [0.1, 0.15) is 32.6 Å². The fourth-order valence-electron chi connectivity index (χ4n) is 1.60. The highest BCUT2D eigenvalue weighted by atomic mass is 16.5. The van der Waals surface area contributed by atoms with Crippen molar-refractivity contribution in [2.75, 3.05) is 19.8 Å². The lowest BCUT2D eigenvalue weighted by molar-refractivity contribution is -0.147. The summed E-state index contributed by atoms with van der Waals surface area (Å²) in [7, 11) is 0. The van der Waals surface area contributed by atoms with E-state index in [1.807, 2.05) is 6.92 Å². The predicted octanol–water partition coefficient (Wildman–Crippen LogP) is 1.10. The molecule has 2 rings (SSSR count). The van der Waals surface area contributed by atoms with Gasteiger partial charge in [-0.3, -0.25) is 10.1 Å². The van der Waals surface area contributed by atoms with Gasteiger partial charge in [0, 0.05) is 12.6 Å². The predicted molar refractivity (Wildman–Crippen MR) is 60.1 cm³/mol. The van der Waals surface area contributed by atoms with Crippen LogP contribution in [0.5, 0.6) is 0 Å². The second-order valence-corrected chi connectivity index (χ2v) is 4.73. The second kappa shape index (κ2) is 5.64. The Labute approximate surface area is 96.7 Å². The van der Waals surface area contributed by atoms with E-state index >= 15 is 0 Å². The zero-order chi connectivity index (χ0) is 11.4. The molecule has 16 heavy (non-hydrogen) atoms. The summed E-state index contributed by atoms with van der Waals surface area (Å²) in [5.74, 6) is 0.564. The van der Waals surface area contributed by atoms with Gasteiger partial charge in [0.25, 0.3) is 0 Å². The fraction of sp³-hybridized carbons (Fsp3) is 0.917. The Morgan fingerprint density at radius 3 is 2.69 bits per heavy atom. The number of esters is 1. The van der Waals surface area contributed by atoms with Crippen LogP contribution in [0.3, 0.4) is 0 Å². The van der Waals surface area contributed by atoms with Crippen molar-refractivity contribution < 1.29 is 14.3 Å². The van der Waals surface area contributed by atoms with Gasteiger partial charge in [0.1, 0.15) is 6.04 Å². The molecule has 2 saturated carbocycles. The number of nitrogens with one attached hydrogen (secondary N) is 1. The molecule has 2 fully saturated rings. The molecule has 0 bridgehead atoms. The Kier molecular flexibility index (Phi) is 4.18. The highest BCUT2D eigenvalue weighted by Crippen LogP contribution is 2.28. The Balaban J connectivity index is 1.68. The van der Waals surface area contributed by atoms with Crippen molar-refractivity contribution in [1.29, 1.82) is 0 Å². The van der Waals surface area contributed by atoms with Gasteiger partial charge in [-0.15, -0.1) is 0 Å². The van der Waals surface area contributed by atoms with Crippen LogP contribution in [0, 0.1) is 5.92 Å². The van der Waals surface area contributed by atoms with Crippen molar-refractivity contribution in [2.45, 2.75) is 44.7 Å². The number of carbonyl (C=O) groups excluding carboxylic acids is 1. The van der Waals surface area contributed by atoms with E-state index < -0.39 is 0 Å². The minimum Gasteiger partial charge on any atom is -0.465 e. The molecule has 0 aromatic carbocycles. The van der Waals surface area contributed by atoms with Gasteiger partial charge in [-0.05, 0) is 38.5 Å². The van der Waals surface area contributed by atoms with Gasteiger partial charge < -0.3 is 9.47 Å². The Hall–Kier alpha value is -0.610. The first-order chi connectivity index (χ1) is 7.79. The highest BCUT2D eigenvalue weighted by molar-refractivity contribution is 5.76. The van der Waals surface area contributed by atoms with E-state index in [1.165, 1.54) is 25.7 Å². The topological polar surface area (TPSA) is 47.6 Å². The van der Waals surface area contributed by atoms with Crippen LogP contribution in [0.15, 0.2) is 0 Å². The van der Waals surface area contributed by atoms with Crippen molar-refractivity contribution in [3.63, 3.8) is 0 Å². The molecule has 1 unspecified atom stereocenters. The molecule has 1 N–H and O–H groups in total. The summed E-state index contributed by atoms with van der Waals surface area (Å²) in [6.07, 6.45) is 4.89. The maximum Gasteiger partial charge on any atom is 0.325 e. The molecule has 0 saturated heterocycles. The third-order valence-corrected chi connectivity index (χ3v) is 2.92. The van der Waals surface area contributed by atoms with E-state index in [4.69, 9.17) is 9.47 Å². The quantitative estimate of drug-likeness (QED) is 0.631. The van der Waals surface area contributed by atoms with E-state index in [0.29, 0.717) is 19.3 Å². The molecule has 0 radical (unpaired) electrons. The summed E-state index contributed by atoms with van der Waals surface area (Å²) in [5, 5.41) is 3.27. The molecule has 4 heteroatoms. The van der Waals surface area contributed by atoms with Crippen LogP contribution < -0.4 is 5.32 Å². The van der Waals surface area contributed by atoms with E-state index in [2.05, 4.69) is 5.32 Å². The highest BCUT2D eigenvalue weighted by Gasteiger charge is 2.30. The number of hydrogen-bond acceptors (Lipinski definition) is 4.